The van der Waals surface area contributed by atoms with E-state index in [0.29, 0.717) is 32.9 Å². The van der Waals surface area contributed by atoms with E-state index in [0.717, 1.165) is 28.9 Å². The first-order chi connectivity index (χ1) is 20.4. The number of anilines is 1. The molecule has 0 bridgehead atoms. The van der Waals surface area contributed by atoms with Crippen molar-refractivity contribution in [2.45, 2.75) is 19.6 Å². The van der Waals surface area contributed by atoms with E-state index in [2.05, 4.69) is 50.5 Å². The Morgan fingerprint density at radius 2 is 1.71 bits per heavy atom. The summed E-state index contributed by atoms with van der Waals surface area (Å²) in [5.41, 5.74) is 3.56. The molecule has 1 atom stereocenters. The number of aromatic nitrogens is 1. The summed E-state index contributed by atoms with van der Waals surface area (Å²) in [5.74, 6) is 0.548. The summed E-state index contributed by atoms with van der Waals surface area (Å²) in [6.45, 7) is 2.31. The average Bonchev–Trinajstić information content (AvgIpc) is 3.61. The van der Waals surface area contributed by atoms with Crippen LogP contribution in [0.5, 0.6) is 5.75 Å². The molecular weight excluding hydrogens is 792 g/mol. The van der Waals surface area contributed by atoms with Crippen LogP contribution in [0.4, 0.5) is 5.69 Å². The maximum absolute atomic E-state index is 14.0. The number of nitrogens with one attached hydrogen (secondary N) is 1. The van der Waals surface area contributed by atoms with Crippen molar-refractivity contribution in [1.82, 2.24) is 4.57 Å². The number of allylic oxidation sites excluding steroid dienone is 1. The number of carbonyl (C=O) groups is 1. The molecule has 0 fully saturated rings. The number of thiazole rings is 1. The molecule has 1 aliphatic rings. The van der Waals surface area contributed by atoms with Gasteiger partial charge < -0.3 is 10.1 Å². The first-order valence-corrected chi connectivity index (χ1v) is 16.8. The van der Waals surface area contributed by atoms with E-state index in [-0.39, 0.29) is 11.5 Å². The summed E-state index contributed by atoms with van der Waals surface area (Å²) < 4.78 is 10.3. The molecule has 10 heteroatoms. The number of benzene rings is 3. The van der Waals surface area contributed by atoms with E-state index >= 15 is 0 Å². The van der Waals surface area contributed by atoms with Crippen molar-refractivity contribution in [3.05, 3.63) is 144 Å². The number of carbonyl (C=O) groups excluding carboxylic acids is 1. The highest BCUT2D eigenvalue weighted by Crippen LogP contribution is 2.33. The van der Waals surface area contributed by atoms with Gasteiger partial charge in [-0.3, -0.25) is 14.2 Å². The maximum atomic E-state index is 14.0. The van der Waals surface area contributed by atoms with Crippen LogP contribution in [-0.4, -0.2) is 10.5 Å². The third-order valence-corrected chi connectivity index (χ3v) is 10.2. The van der Waals surface area contributed by atoms with E-state index in [4.69, 9.17) is 9.73 Å². The van der Waals surface area contributed by atoms with Crippen LogP contribution in [0.2, 0.25) is 0 Å². The first kappa shape index (κ1) is 29.0. The number of hydrogen-bond acceptors (Lipinski definition) is 6. The second-order valence-corrected chi connectivity index (χ2v) is 13.8. The van der Waals surface area contributed by atoms with Gasteiger partial charge in [-0.1, -0.05) is 65.9 Å². The van der Waals surface area contributed by atoms with E-state index in [9.17, 15) is 9.59 Å². The number of para-hydroxylation sites is 1. The Morgan fingerprint density at radius 1 is 1.02 bits per heavy atom. The number of thiophene rings is 1. The summed E-state index contributed by atoms with van der Waals surface area (Å²) >= 11 is 7.40. The van der Waals surface area contributed by atoms with Gasteiger partial charge in [0.1, 0.15) is 18.4 Å². The molecule has 42 heavy (non-hydrogen) atoms. The highest BCUT2D eigenvalue weighted by Gasteiger charge is 2.33. The Hall–Kier alpha value is -3.07. The lowest BCUT2D eigenvalue weighted by Crippen LogP contribution is -2.40. The van der Waals surface area contributed by atoms with Gasteiger partial charge in [-0.25, -0.2) is 4.99 Å². The zero-order valence-electron chi connectivity index (χ0n) is 22.2. The van der Waals surface area contributed by atoms with Crippen molar-refractivity contribution in [2.24, 2.45) is 4.99 Å². The lowest BCUT2D eigenvalue weighted by Gasteiger charge is -2.24. The topological polar surface area (TPSA) is 72.7 Å². The third-order valence-electron chi connectivity index (χ3n) is 6.66. The molecule has 1 N–H and O–H groups in total. The molecule has 2 aromatic heterocycles. The molecule has 210 valence electrons. The fourth-order valence-corrected chi connectivity index (χ4v) is 8.73. The van der Waals surface area contributed by atoms with Crippen LogP contribution in [0.15, 0.2) is 111 Å². The quantitative estimate of drug-likeness (QED) is 0.186. The molecule has 0 spiro atoms. The van der Waals surface area contributed by atoms with Gasteiger partial charge in [0, 0.05) is 10.6 Å². The van der Waals surface area contributed by atoms with Crippen LogP contribution in [0.3, 0.4) is 0 Å². The van der Waals surface area contributed by atoms with Crippen molar-refractivity contribution in [1.29, 1.82) is 0 Å². The standard InChI is InChI=1S/C32H23I2N3O3S2/c1-19-27(30(38)36-22-11-6-3-7-12-22)28(25-13-8-14-41-25)37-31(39)26(42-32(37)35-19)17-21-15-23(33)29(24(34)16-21)40-18-20-9-4-2-5-10-20/h2-17,28H,18H2,1H3,(H,36,38)/b26-17-. The molecule has 3 aromatic carbocycles. The van der Waals surface area contributed by atoms with Crippen molar-refractivity contribution >= 4 is 85.5 Å². The number of fused-ring (bicyclic) bond motifs is 1. The fourth-order valence-electron chi connectivity index (χ4n) is 4.73. The third kappa shape index (κ3) is 6.03. The van der Waals surface area contributed by atoms with Crippen molar-refractivity contribution in [3.63, 3.8) is 0 Å². The number of halogens is 2. The molecule has 0 radical (unpaired) electrons. The highest BCUT2D eigenvalue weighted by molar-refractivity contribution is 14.1. The number of rotatable bonds is 7. The molecule has 0 saturated heterocycles. The van der Waals surface area contributed by atoms with Crippen LogP contribution in [0, 0.1) is 7.14 Å². The molecule has 1 unspecified atom stereocenters. The molecule has 1 aliphatic heterocycles. The Kier molecular flexibility index (Phi) is 8.75. The molecule has 5 aromatic rings. The normalized spacial score (nSPS) is 14.8. The molecule has 3 heterocycles. The fraction of sp³-hybridized carbons (Fsp3) is 0.0938. The van der Waals surface area contributed by atoms with Crippen LogP contribution in [0.25, 0.3) is 6.08 Å². The number of hydrogen-bond donors (Lipinski definition) is 1. The van der Waals surface area contributed by atoms with E-state index in [1.807, 2.05) is 103 Å². The van der Waals surface area contributed by atoms with Crippen LogP contribution >= 0.6 is 67.9 Å². The molecule has 1 amide bonds. The molecule has 0 saturated carbocycles. The number of ether oxygens (including phenoxy) is 1. The summed E-state index contributed by atoms with van der Waals surface area (Å²) in [5, 5.41) is 4.94. The van der Waals surface area contributed by atoms with Crippen LogP contribution < -0.4 is 24.9 Å². The second-order valence-electron chi connectivity index (χ2n) is 9.51. The smallest absolute Gasteiger partial charge is 0.271 e. The Balaban J connectivity index is 1.37. The van der Waals surface area contributed by atoms with Gasteiger partial charge in [0.2, 0.25) is 0 Å². The predicted molar refractivity (Wildman–Crippen MR) is 186 cm³/mol. The van der Waals surface area contributed by atoms with Gasteiger partial charge in [-0.15, -0.1) is 11.3 Å². The summed E-state index contributed by atoms with van der Waals surface area (Å²) in [6.07, 6.45) is 1.89. The Morgan fingerprint density at radius 3 is 2.38 bits per heavy atom. The Bertz CT molecular complexity index is 1960. The lowest BCUT2D eigenvalue weighted by atomic mass is 10.0. The lowest BCUT2D eigenvalue weighted by molar-refractivity contribution is -0.113. The minimum atomic E-state index is -0.568. The predicted octanol–water partition coefficient (Wildman–Crippen LogP) is 6.72. The zero-order chi connectivity index (χ0) is 29.2. The van der Waals surface area contributed by atoms with Gasteiger partial charge in [0.05, 0.1) is 22.9 Å². The van der Waals surface area contributed by atoms with Gasteiger partial charge >= 0.3 is 0 Å². The van der Waals surface area contributed by atoms with Crippen LogP contribution in [0.1, 0.15) is 29.0 Å². The van der Waals surface area contributed by atoms with Crippen molar-refractivity contribution in [2.75, 3.05) is 5.32 Å². The van der Waals surface area contributed by atoms with E-state index < -0.39 is 6.04 Å². The first-order valence-electron chi connectivity index (χ1n) is 13.0. The molecule has 6 rings (SSSR count). The van der Waals surface area contributed by atoms with Crippen molar-refractivity contribution in [3.8, 4) is 5.75 Å². The van der Waals surface area contributed by atoms with Crippen molar-refractivity contribution < 1.29 is 9.53 Å². The van der Waals surface area contributed by atoms with Gasteiger partial charge in [0.15, 0.2) is 4.80 Å². The highest BCUT2D eigenvalue weighted by atomic mass is 127. The Labute approximate surface area is 277 Å². The zero-order valence-corrected chi connectivity index (χ0v) is 28.2. The second kappa shape index (κ2) is 12.7. The molecule has 0 aliphatic carbocycles. The minimum absolute atomic E-state index is 0.177. The van der Waals surface area contributed by atoms with E-state index in [1.54, 1.807) is 4.57 Å². The largest absolute Gasteiger partial charge is 0.487 e. The SMILES string of the molecule is CC1=C(C(=O)Nc2ccccc2)C(c2cccs2)n2c(s/c(=C\c3cc(I)c(OCc4ccccc4)c(I)c3)c2=O)=N1. The molecule has 6 nitrogen and oxygen atoms in total. The van der Waals surface area contributed by atoms with Gasteiger partial charge in [-0.05, 0) is 105 Å². The van der Waals surface area contributed by atoms with E-state index in [1.165, 1.54) is 22.7 Å². The van der Waals surface area contributed by atoms with Gasteiger partial charge in [-0.2, -0.15) is 0 Å². The minimum Gasteiger partial charge on any atom is -0.487 e. The number of nitrogens with zero attached hydrogens (tertiary/aromatic N) is 2. The van der Waals surface area contributed by atoms with Gasteiger partial charge in [0.25, 0.3) is 11.5 Å². The number of amides is 1. The average molecular weight is 815 g/mol. The summed E-state index contributed by atoms with van der Waals surface area (Å²) in [6, 6.07) is 26.7. The monoisotopic (exact) mass is 815 g/mol. The summed E-state index contributed by atoms with van der Waals surface area (Å²) in [4.78, 5) is 33.8. The maximum Gasteiger partial charge on any atom is 0.271 e. The summed E-state index contributed by atoms with van der Waals surface area (Å²) in [7, 11) is 0. The van der Waals surface area contributed by atoms with Crippen LogP contribution in [-0.2, 0) is 11.4 Å². The molecular formula is C32H23I2N3O3S2.